The van der Waals surface area contributed by atoms with Gasteiger partial charge in [0.05, 0.1) is 12.6 Å². The van der Waals surface area contributed by atoms with E-state index in [4.69, 9.17) is 0 Å². The Kier molecular flexibility index (Phi) is 3.25. The van der Waals surface area contributed by atoms with Crippen molar-refractivity contribution >= 4 is 5.91 Å². The van der Waals surface area contributed by atoms with Crippen LogP contribution in [0.2, 0.25) is 0 Å². The second kappa shape index (κ2) is 4.66. The molecular formula is C13H18N2O. The molecule has 3 nitrogen and oxygen atoms in total. The summed E-state index contributed by atoms with van der Waals surface area (Å²) in [6.07, 6.45) is 0. The Balaban J connectivity index is 2.07. The molecule has 1 fully saturated rings. The van der Waals surface area contributed by atoms with Crippen molar-refractivity contribution in [2.24, 2.45) is 0 Å². The largest absolute Gasteiger partial charge is 0.353 e. The molecule has 1 aromatic rings. The van der Waals surface area contributed by atoms with Gasteiger partial charge in [-0.15, -0.1) is 0 Å². The molecule has 0 aliphatic carbocycles. The maximum absolute atomic E-state index is 11.0. The van der Waals surface area contributed by atoms with Crippen LogP contribution in [-0.2, 0) is 4.79 Å². The minimum atomic E-state index is 0.0788. The van der Waals surface area contributed by atoms with Gasteiger partial charge in [0.1, 0.15) is 0 Å². The summed E-state index contributed by atoms with van der Waals surface area (Å²) in [7, 11) is 0. The highest BCUT2D eigenvalue weighted by Gasteiger charge is 2.18. The highest BCUT2D eigenvalue weighted by molar-refractivity contribution is 5.78. The van der Waals surface area contributed by atoms with Crippen molar-refractivity contribution in [3.05, 3.63) is 35.4 Å². The summed E-state index contributed by atoms with van der Waals surface area (Å²) in [6.45, 7) is 5.47. The molecule has 1 saturated heterocycles. The van der Waals surface area contributed by atoms with E-state index in [1.807, 2.05) is 0 Å². The number of rotatable bonds is 2. The summed E-state index contributed by atoms with van der Waals surface area (Å²) in [5.41, 5.74) is 2.59. The molecule has 1 unspecified atom stereocenters. The van der Waals surface area contributed by atoms with E-state index in [9.17, 15) is 4.79 Å². The summed E-state index contributed by atoms with van der Waals surface area (Å²) in [4.78, 5) is 11.0. The normalized spacial score (nSPS) is 20.9. The highest BCUT2D eigenvalue weighted by atomic mass is 16.2. The molecule has 1 aliphatic heterocycles. The van der Waals surface area contributed by atoms with Crippen molar-refractivity contribution in [1.29, 1.82) is 0 Å². The maximum atomic E-state index is 11.0. The average molecular weight is 218 g/mol. The first-order chi connectivity index (χ1) is 7.66. The van der Waals surface area contributed by atoms with E-state index in [2.05, 4.69) is 48.7 Å². The third-order valence-corrected chi connectivity index (χ3v) is 3.02. The summed E-state index contributed by atoms with van der Waals surface area (Å²) in [5, 5.41) is 6.09. The fraction of sp³-hybridized carbons (Fsp3) is 0.462. The molecular weight excluding hydrogens is 200 g/mol. The van der Waals surface area contributed by atoms with Gasteiger partial charge in [0.2, 0.25) is 5.91 Å². The summed E-state index contributed by atoms with van der Waals surface area (Å²) in [6, 6.07) is 8.87. The molecule has 3 heteroatoms. The van der Waals surface area contributed by atoms with Gasteiger partial charge in [-0.05, 0) is 17.0 Å². The van der Waals surface area contributed by atoms with E-state index in [-0.39, 0.29) is 11.9 Å². The Hall–Kier alpha value is -1.35. The average Bonchev–Trinajstić information content (AvgIpc) is 2.30. The summed E-state index contributed by atoms with van der Waals surface area (Å²) >= 11 is 0. The minimum absolute atomic E-state index is 0.0788. The second-order valence-corrected chi connectivity index (χ2v) is 4.56. The Morgan fingerprint density at radius 3 is 2.44 bits per heavy atom. The van der Waals surface area contributed by atoms with Gasteiger partial charge in [0, 0.05) is 6.54 Å². The second-order valence-electron chi connectivity index (χ2n) is 4.56. The number of hydrogen-bond donors (Lipinski definition) is 2. The molecule has 1 aromatic carbocycles. The van der Waals surface area contributed by atoms with Crippen LogP contribution in [0.5, 0.6) is 0 Å². The standard InChI is InChI=1S/C13H18N2O/c1-9(2)10-3-5-11(6-4-10)12-7-15-13(16)8-14-12/h3-6,9,12,14H,7-8H2,1-2H3,(H,15,16). The lowest BCUT2D eigenvalue weighted by molar-refractivity contribution is -0.121. The van der Waals surface area contributed by atoms with Crippen LogP contribution >= 0.6 is 0 Å². The molecule has 0 spiro atoms. The van der Waals surface area contributed by atoms with Crippen LogP contribution < -0.4 is 10.6 Å². The monoisotopic (exact) mass is 218 g/mol. The zero-order chi connectivity index (χ0) is 11.5. The van der Waals surface area contributed by atoms with Crippen LogP contribution in [0.15, 0.2) is 24.3 Å². The molecule has 0 saturated carbocycles. The molecule has 0 aromatic heterocycles. The third-order valence-electron chi connectivity index (χ3n) is 3.02. The Bertz CT molecular complexity index is 360. The molecule has 0 radical (unpaired) electrons. The lowest BCUT2D eigenvalue weighted by atomic mass is 9.98. The fourth-order valence-corrected chi connectivity index (χ4v) is 1.92. The maximum Gasteiger partial charge on any atom is 0.234 e. The smallest absolute Gasteiger partial charge is 0.234 e. The van der Waals surface area contributed by atoms with Gasteiger partial charge in [-0.2, -0.15) is 0 Å². The van der Waals surface area contributed by atoms with Crippen LogP contribution in [0.1, 0.15) is 36.9 Å². The van der Waals surface area contributed by atoms with E-state index in [0.717, 1.165) is 0 Å². The van der Waals surface area contributed by atoms with Crippen LogP contribution in [0.4, 0.5) is 0 Å². The first-order valence-corrected chi connectivity index (χ1v) is 5.77. The van der Waals surface area contributed by atoms with Gasteiger partial charge >= 0.3 is 0 Å². The van der Waals surface area contributed by atoms with Crippen LogP contribution in [0.3, 0.4) is 0 Å². The number of benzene rings is 1. The molecule has 0 bridgehead atoms. The SMILES string of the molecule is CC(C)c1ccc(C2CNC(=O)CN2)cc1. The Morgan fingerprint density at radius 2 is 1.94 bits per heavy atom. The minimum Gasteiger partial charge on any atom is -0.353 e. The van der Waals surface area contributed by atoms with Crippen molar-refractivity contribution in [3.8, 4) is 0 Å². The molecule has 1 amide bonds. The number of amides is 1. The summed E-state index contributed by atoms with van der Waals surface area (Å²) < 4.78 is 0. The fourth-order valence-electron chi connectivity index (χ4n) is 1.92. The van der Waals surface area contributed by atoms with Crippen molar-refractivity contribution in [2.75, 3.05) is 13.1 Å². The van der Waals surface area contributed by atoms with E-state index < -0.39 is 0 Å². The molecule has 1 heterocycles. The van der Waals surface area contributed by atoms with E-state index >= 15 is 0 Å². The van der Waals surface area contributed by atoms with Gasteiger partial charge in [0.25, 0.3) is 0 Å². The van der Waals surface area contributed by atoms with Crippen LogP contribution in [-0.4, -0.2) is 19.0 Å². The van der Waals surface area contributed by atoms with E-state index in [1.54, 1.807) is 0 Å². The van der Waals surface area contributed by atoms with E-state index in [1.165, 1.54) is 11.1 Å². The lowest BCUT2D eigenvalue weighted by Crippen LogP contribution is -2.46. The zero-order valence-electron chi connectivity index (χ0n) is 9.79. The number of hydrogen-bond acceptors (Lipinski definition) is 2. The van der Waals surface area contributed by atoms with Gasteiger partial charge in [-0.1, -0.05) is 38.1 Å². The third kappa shape index (κ3) is 2.42. The number of nitrogens with one attached hydrogen (secondary N) is 2. The first-order valence-electron chi connectivity index (χ1n) is 5.77. The van der Waals surface area contributed by atoms with Gasteiger partial charge < -0.3 is 5.32 Å². The predicted octanol–water partition coefficient (Wildman–Crippen LogP) is 1.57. The lowest BCUT2D eigenvalue weighted by Gasteiger charge is -2.24. The molecule has 16 heavy (non-hydrogen) atoms. The topological polar surface area (TPSA) is 41.1 Å². The van der Waals surface area contributed by atoms with Crippen molar-refractivity contribution in [3.63, 3.8) is 0 Å². The Labute approximate surface area is 96.2 Å². The van der Waals surface area contributed by atoms with Crippen molar-refractivity contribution < 1.29 is 4.79 Å². The van der Waals surface area contributed by atoms with Gasteiger partial charge in [-0.3, -0.25) is 10.1 Å². The highest BCUT2D eigenvalue weighted by Crippen LogP contribution is 2.19. The molecule has 2 N–H and O–H groups in total. The Morgan fingerprint density at radius 1 is 1.25 bits per heavy atom. The quantitative estimate of drug-likeness (QED) is 0.791. The number of piperazine rings is 1. The number of carbonyl (C=O) groups excluding carboxylic acids is 1. The van der Waals surface area contributed by atoms with Crippen LogP contribution in [0.25, 0.3) is 0 Å². The summed E-state index contributed by atoms with van der Waals surface area (Å²) in [5.74, 6) is 0.642. The molecule has 86 valence electrons. The molecule has 1 atom stereocenters. The van der Waals surface area contributed by atoms with Gasteiger partial charge in [0.15, 0.2) is 0 Å². The molecule has 2 rings (SSSR count). The molecule has 1 aliphatic rings. The van der Waals surface area contributed by atoms with E-state index in [0.29, 0.717) is 19.0 Å². The number of carbonyl (C=O) groups is 1. The predicted molar refractivity (Wildman–Crippen MR) is 64.3 cm³/mol. The van der Waals surface area contributed by atoms with Crippen molar-refractivity contribution in [1.82, 2.24) is 10.6 Å². The zero-order valence-corrected chi connectivity index (χ0v) is 9.79. The van der Waals surface area contributed by atoms with Crippen LogP contribution in [0, 0.1) is 0 Å². The van der Waals surface area contributed by atoms with Gasteiger partial charge in [-0.25, -0.2) is 0 Å². The first kappa shape index (κ1) is 11.1. The van der Waals surface area contributed by atoms with Crippen molar-refractivity contribution in [2.45, 2.75) is 25.8 Å².